The van der Waals surface area contributed by atoms with Gasteiger partial charge in [0, 0.05) is 40.0 Å². The normalized spacial score (nSPS) is 9.78. The number of methoxy groups -OCH3 is 2. The largest absolute Gasteiger partial charge is 0.492 e. The molecule has 0 N–H and O–H groups in total. The highest BCUT2D eigenvalue weighted by Gasteiger charge is 2.31. The minimum atomic E-state index is -0.776. The molecule has 0 heterocycles. The van der Waals surface area contributed by atoms with Gasteiger partial charge in [0.05, 0.1) is 19.8 Å². The van der Waals surface area contributed by atoms with Crippen LogP contribution in [0.4, 0.5) is 0 Å². The third kappa shape index (κ3) is 9.81. The van der Waals surface area contributed by atoms with Crippen molar-refractivity contribution in [3.63, 3.8) is 0 Å². The number of benzene rings is 4. The van der Waals surface area contributed by atoms with Crippen LogP contribution in [0.1, 0.15) is 36.1 Å². The molecule has 4 rings (SSSR count). The molecule has 0 unspecified atom stereocenters. The highest BCUT2D eigenvalue weighted by molar-refractivity contribution is 5.96. The van der Waals surface area contributed by atoms with E-state index in [-0.39, 0.29) is 51.0 Å². The van der Waals surface area contributed by atoms with E-state index in [9.17, 15) is 19.2 Å². The molecular formula is C44H34O10. The summed E-state index contributed by atoms with van der Waals surface area (Å²) in [6.45, 7) is 17.1. The van der Waals surface area contributed by atoms with Crippen LogP contribution in [0.5, 0.6) is 34.5 Å². The van der Waals surface area contributed by atoms with E-state index < -0.39 is 23.9 Å². The van der Waals surface area contributed by atoms with E-state index in [1.165, 1.54) is 28.1 Å². The zero-order chi connectivity index (χ0) is 39.4. The fourth-order valence-electron chi connectivity index (χ4n) is 4.51. The minimum Gasteiger partial charge on any atom is -0.492 e. The van der Waals surface area contributed by atoms with Crippen LogP contribution in [0.3, 0.4) is 0 Å². The maximum atomic E-state index is 13.1. The Bertz CT molecular complexity index is 2290. The van der Waals surface area contributed by atoms with Crippen LogP contribution in [0.2, 0.25) is 0 Å². The number of esters is 4. The first-order chi connectivity index (χ1) is 25.9. The number of carbonyl (C=O) groups excluding carboxylic acids is 4. The summed E-state index contributed by atoms with van der Waals surface area (Å²) in [5, 5.41) is 0. The Kier molecular flexibility index (Phi) is 13.1. The molecule has 0 fully saturated rings. The average Bonchev–Trinajstić information content (AvgIpc) is 3.17. The van der Waals surface area contributed by atoms with Gasteiger partial charge in [-0.3, -0.25) is 0 Å². The molecule has 0 aromatic heterocycles. The Balaban J connectivity index is 1.88. The van der Waals surface area contributed by atoms with Crippen molar-refractivity contribution in [3.05, 3.63) is 145 Å². The molecule has 0 spiro atoms. The van der Waals surface area contributed by atoms with Gasteiger partial charge in [0.15, 0.2) is 23.0 Å². The van der Waals surface area contributed by atoms with E-state index in [0.29, 0.717) is 28.0 Å². The molecule has 270 valence electrons. The number of hydrogen-bond donors (Lipinski definition) is 0. The first-order valence-electron chi connectivity index (χ1n) is 16.0. The Hall–Kier alpha value is -7.56. The summed E-state index contributed by atoms with van der Waals surface area (Å²) in [5.74, 6) is 9.74. The van der Waals surface area contributed by atoms with Gasteiger partial charge in [-0.1, -0.05) is 62.1 Å². The molecule has 0 saturated carbocycles. The molecular weight excluding hydrogens is 688 g/mol. The van der Waals surface area contributed by atoms with Gasteiger partial charge in [-0.05, 0) is 80.1 Å². The molecule has 10 heteroatoms. The zero-order valence-electron chi connectivity index (χ0n) is 30.0. The van der Waals surface area contributed by atoms with E-state index in [0.717, 1.165) is 12.2 Å². The standard InChI is InChI=1S/C44H34O10/c1-9-36(45)51-33-22-15-30(16-23-33)12-11-29-13-20-32(21-14-29)38-41(50-8)40(53-43(47)27(3)4)35(39(49-7)42(38)54-44(48)28(5)6)26-19-31-17-24-34(25-18-31)52-37(46)10-2/h9-10,13-18,20-25H,1-3,5H2,4,6-8H3. The lowest BCUT2D eigenvalue weighted by molar-refractivity contribution is -0.131. The summed E-state index contributed by atoms with van der Waals surface area (Å²) in [7, 11) is 2.70. The molecule has 4 aromatic rings. The van der Waals surface area contributed by atoms with E-state index in [1.54, 1.807) is 72.8 Å². The minimum absolute atomic E-state index is 0.00183. The molecule has 0 saturated heterocycles. The van der Waals surface area contributed by atoms with E-state index in [4.69, 9.17) is 28.4 Å². The number of hydrogen-bond acceptors (Lipinski definition) is 10. The topological polar surface area (TPSA) is 124 Å². The van der Waals surface area contributed by atoms with Crippen molar-refractivity contribution in [2.24, 2.45) is 0 Å². The van der Waals surface area contributed by atoms with Crippen LogP contribution >= 0.6 is 0 Å². The third-order valence-electron chi connectivity index (χ3n) is 7.15. The molecule has 0 aliphatic rings. The van der Waals surface area contributed by atoms with Gasteiger partial charge in [0.25, 0.3) is 0 Å². The van der Waals surface area contributed by atoms with Gasteiger partial charge < -0.3 is 28.4 Å². The van der Waals surface area contributed by atoms with Crippen molar-refractivity contribution in [2.75, 3.05) is 14.2 Å². The molecule has 0 bridgehead atoms. The second-order valence-electron chi connectivity index (χ2n) is 11.2. The lowest BCUT2D eigenvalue weighted by Crippen LogP contribution is -2.14. The molecule has 0 aliphatic carbocycles. The van der Waals surface area contributed by atoms with Crippen molar-refractivity contribution in [2.45, 2.75) is 13.8 Å². The SMILES string of the molecule is C=CC(=O)Oc1ccc(C#Cc2ccc(-c3c(OC)c(OC(=O)C(=C)C)c(C#Cc4ccc(OC(=O)C=C)cc4)c(OC)c3OC(=O)C(=C)C)cc2)cc1. The predicted octanol–water partition coefficient (Wildman–Crippen LogP) is 7.32. The van der Waals surface area contributed by atoms with Crippen LogP contribution < -0.4 is 28.4 Å². The number of rotatable bonds is 11. The lowest BCUT2D eigenvalue weighted by Gasteiger charge is -2.22. The van der Waals surface area contributed by atoms with Gasteiger partial charge in [-0.2, -0.15) is 0 Å². The second kappa shape index (κ2) is 18.1. The summed E-state index contributed by atoms with van der Waals surface area (Å²) in [4.78, 5) is 49.1. The van der Waals surface area contributed by atoms with Crippen LogP contribution in [-0.4, -0.2) is 38.1 Å². The zero-order valence-corrected chi connectivity index (χ0v) is 30.0. The molecule has 54 heavy (non-hydrogen) atoms. The van der Waals surface area contributed by atoms with Crippen LogP contribution in [0, 0.1) is 23.7 Å². The Morgan fingerprint density at radius 3 is 1.30 bits per heavy atom. The Labute approximate surface area is 312 Å². The van der Waals surface area contributed by atoms with E-state index in [1.807, 2.05) is 0 Å². The number of ether oxygens (including phenoxy) is 6. The van der Waals surface area contributed by atoms with Crippen molar-refractivity contribution in [3.8, 4) is 69.3 Å². The molecule has 0 aliphatic heterocycles. The van der Waals surface area contributed by atoms with Crippen molar-refractivity contribution in [1.29, 1.82) is 0 Å². The van der Waals surface area contributed by atoms with Crippen molar-refractivity contribution < 1.29 is 47.6 Å². The predicted molar refractivity (Wildman–Crippen MR) is 202 cm³/mol. The van der Waals surface area contributed by atoms with Crippen LogP contribution in [0.15, 0.2) is 122 Å². The van der Waals surface area contributed by atoms with Crippen LogP contribution in [-0.2, 0) is 19.2 Å². The fourth-order valence-corrected chi connectivity index (χ4v) is 4.51. The smallest absolute Gasteiger partial charge is 0.338 e. The summed E-state index contributed by atoms with van der Waals surface area (Å²) in [6, 6.07) is 19.9. The lowest BCUT2D eigenvalue weighted by atomic mass is 9.97. The first kappa shape index (κ1) is 39.2. The van der Waals surface area contributed by atoms with Crippen molar-refractivity contribution in [1.82, 2.24) is 0 Å². The van der Waals surface area contributed by atoms with E-state index >= 15 is 0 Å². The maximum Gasteiger partial charge on any atom is 0.338 e. The highest BCUT2D eigenvalue weighted by atomic mass is 16.6. The second-order valence-corrected chi connectivity index (χ2v) is 11.2. The Morgan fingerprint density at radius 2 is 0.907 bits per heavy atom. The summed E-state index contributed by atoms with van der Waals surface area (Å²) in [6.07, 6.45) is 2.12. The number of carbonyl (C=O) groups is 4. The first-order valence-corrected chi connectivity index (χ1v) is 16.0. The molecule has 0 radical (unpaired) electrons. The summed E-state index contributed by atoms with van der Waals surface area (Å²) < 4.78 is 33.6. The summed E-state index contributed by atoms with van der Waals surface area (Å²) in [5.41, 5.74) is 2.69. The molecule has 10 nitrogen and oxygen atoms in total. The highest BCUT2D eigenvalue weighted by Crippen LogP contribution is 2.53. The quantitative estimate of drug-likeness (QED) is 0.0674. The fraction of sp³-hybridized carbons (Fsp3) is 0.0909. The van der Waals surface area contributed by atoms with Gasteiger partial charge in [-0.25, -0.2) is 19.2 Å². The maximum absolute atomic E-state index is 13.1. The molecule has 0 amide bonds. The van der Waals surface area contributed by atoms with Gasteiger partial charge in [0.2, 0.25) is 0 Å². The monoisotopic (exact) mass is 722 g/mol. The van der Waals surface area contributed by atoms with Gasteiger partial charge in [-0.15, -0.1) is 0 Å². The molecule has 4 aromatic carbocycles. The van der Waals surface area contributed by atoms with E-state index in [2.05, 4.69) is 50.0 Å². The van der Waals surface area contributed by atoms with Crippen LogP contribution in [0.25, 0.3) is 11.1 Å². The average molecular weight is 723 g/mol. The van der Waals surface area contributed by atoms with Gasteiger partial charge >= 0.3 is 23.9 Å². The van der Waals surface area contributed by atoms with Gasteiger partial charge in [0.1, 0.15) is 17.1 Å². The van der Waals surface area contributed by atoms with Crippen molar-refractivity contribution >= 4 is 23.9 Å². The Morgan fingerprint density at radius 1 is 0.519 bits per heavy atom. The molecule has 0 atom stereocenters. The summed E-state index contributed by atoms with van der Waals surface area (Å²) >= 11 is 0. The third-order valence-corrected chi connectivity index (χ3v) is 7.15.